The number of anilines is 1. The van der Waals surface area contributed by atoms with Gasteiger partial charge >= 0.3 is 0 Å². The van der Waals surface area contributed by atoms with Crippen molar-refractivity contribution in [2.75, 3.05) is 17.7 Å². The molecule has 2 aromatic rings. The fourth-order valence-corrected chi connectivity index (χ4v) is 3.87. The van der Waals surface area contributed by atoms with Crippen LogP contribution in [0.15, 0.2) is 59.5 Å². The van der Waals surface area contributed by atoms with Gasteiger partial charge in [-0.05, 0) is 42.7 Å². The Kier molecular flexibility index (Phi) is 5.21. The fraction of sp³-hybridized carbons (Fsp3) is 0.368. The molecular weight excluding hydrogens is 322 g/mol. The van der Waals surface area contributed by atoms with Crippen molar-refractivity contribution in [3.8, 4) is 0 Å². The Labute approximate surface area is 143 Å². The van der Waals surface area contributed by atoms with E-state index in [1.807, 2.05) is 30.3 Å². The van der Waals surface area contributed by atoms with Gasteiger partial charge in [-0.3, -0.25) is 0 Å². The van der Waals surface area contributed by atoms with E-state index in [1.165, 1.54) is 5.56 Å². The van der Waals surface area contributed by atoms with E-state index < -0.39 is 9.84 Å². The second-order valence-corrected chi connectivity index (χ2v) is 8.34. The van der Waals surface area contributed by atoms with Gasteiger partial charge < -0.3 is 10.1 Å². The van der Waals surface area contributed by atoms with Gasteiger partial charge in [-0.2, -0.15) is 0 Å². The predicted molar refractivity (Wildman–Crippen MR) is 95.9 cm³/mol. The topological polar surface area (TPSA) is 55.4 Å². The van der Waals surface area contributed by atoms with Crippen LogP contribution < -0.4 is 5.32 Å². The number of sulfone groups is 1. The number of ether oxygens (including phenoxy) is 1. The summed E-state index contributed by atoms with van der Waals surface area (Å²) in [6.07, 6.45) is 1.95. The molecule has 3 rings (SSSR count). The maximum absolute atomic E-state index is 11.9. The van der Waals surface area contributed by atoms with Crippen molar-refractivity contribution in [2.45, 2.75) is 36.8 Å². The fourth-order valence-electron chi connectivity index (χ4n) is 2.99. The zero-order valence-corrected chi connectivity index (χ0v) is 14.6. The Hall–Kier alpha value is -1.85. The lowest BCUT2D eigenvalue weighted by atomic mass is 9.97. The van der Waals surface area contributed by atoms with Gasteiger partial charge in [-0.15, -0.1) is 0 Å². The van der Waals surface area contributed by atoms with Gasteiger partial charge in [0, 0.05) is 18.3 Å². The van der Waals surface area contributed by atoms with E-state index in [1.54, 1.807) is 19.1 Å². The Balaban J connectivity index is 1.65. The molecule has 0 amide bonds. The van der Waals surface area contributed by atoms with Crippen LogP contribution in [0.4, 0.5) is 5.69 Å². The van der Waals surface area contributed by atoms with Crippen molar-refractivity contribution in [3.63, 3.8) is 0 Å². The molecule has 0 saturated carbocycles. The molecule has 1 saturated heterocycles. The SMILES string of the molecule is CCS(=O)(=O)c1ccc(N[C@H]2CCO[C@H](c3ccccc3)C2)cc1. The smallest absolute Gasteiger partial charge is 0.178 e. The molecular formula is C19H23NO3S. The Morgan fingerprint density at radius 3 is 2.46 bits per heavy atom. The van der Waals surface area contributed by atoms with Gasteiger partial charge in [-0.1, -0.05) is 37.3 Å². The molecule has 5 heteroatoms. The van der Waals surface area contributed by atoms with E-state index in [9.17, 15) is 8.42 Å². The summed E-state index contributed by atoms with van der Waals surface area (Å²) in [5.74, 6) is 0.124. The van der Waals surface area contributed by atoms with Gasteiger partial charge in [0.15, 0.2) is 9.84 Å². The molecule has 0 aliphatic carbocycles. The highest BCUT2D eigenvalue weighted by atomic mass is 32.2. The van der Waals surface area contributed by atoms with Crippen LogP contribution in [0, 0.1) is 0 Å². The molecule has 1 aliphatic heterocycles. The first kappa shape index (κ1) is 17.0. The van der Waals surface area contributed by atoms with Crippen LogP contribution >= 0.6 is 0 Å². The normalized spacial score (nSPS) is 21.4. The predicted octanol–water partition coefficient (Wildman–Crippen LogP) is 3.81. The molecule has 2 atom stereocenters. The molecule has 24 heavy (non-hydrogen) atoms. The third-order valence-electron chi connectivity index (χ3n) is 4.42. The molecule has 1 heterocycles. The lowest BCUT2D eigenvalue weighted by molar-refractivity contribution is 0.00980. The average molecular weight is 345 g/mol. The zero-order valence-electron chi connectivity index (χ0n) is 13.8. The number of hydrogen-bond donors (Lipinski definition) is 1. The first-order valence-electron chi connectivity index (χ1n) is 8.34. The summed E-state index contributed by atoms with van der Waals surface area (Å²) in [5, 5.41) is 3.50. The third kappa shape index (κ3) is 3.97. The minimum atomic E-state index is -3.14. The average Bonchev–Trinajstić information content (AvgIpc) is 2.63. The second kappa shape index (κ2) is 7.36. The molecule has 4 nitrogen and oxygen atoms in total. The summed E-state index contributed by atoms with van der Waals surface area (Å²) in [6.45, 7) is 2.38. The third-order valence-corrected chi connectivity index (χ3v) is 6.17. The summed E-state index contributed by atoms with van der Waals surface area (Å²) < 4.78 is 29.6. The van der Waals surface area contributed by atoms with Gasteiger partial charge in [0.1, 0.15) is 0 Å². The van der Waals surface area contributed by atoms with Gasteiger partial charge in [0.2, 0.25) is 0 Å². The van der Waals surface area contributed by atoms with Crippen molar-refractivity contribution in [1.29, 1.82) is 0 Å². The van der Waals surface area contributed by atoms with Crippen molar-refractivity contribution in [2.24, 2.45) is 0 Å². The lowest BCUT2D eigenvalue weighted by Crippen LogP contribution is -2.30. The van der Waals surface area contributed by atoms with E-state index in [2.05, 4.69) is 17.4 Å². The molecule has 0 radical (unpaired) electrons. The Morgan fingerprint density at radius 1 is 1.08 bits per heavy atom. The minimum absolute atomic E-state index is 0.109. The summed E-state index contributed by atoms with van der Waals surface area (Å²) in [5.41, 5.74) is 2.15. The Morgan fingerprint density at radius 2 is 1.79 bits per heavy atom. The number of hydrogen-bond acceptors (Lipinski definition) is 4. The zero-order chi connectivity index (χ0) is 17.0. The first-order chi connectivity index (χ1) is 11.6. The molecule has 1 aliphatic rings. The molecule has 128 valence electrons. The first-order valence-corrected chi connectivity index (χ1v) is 9.99. The summed E-state index contributed by atoms with van der Waals surface area (Å²) in [4.78, 5) is 0.379. The minimum Gasteiger partial charge on any atom is -0.382 e. The largest absolute Gasteiger partial charge is 0.382 e. The summed E-state index contributed by atoms with van der Waals surface area (Å²) in [6, 6.07) is 17.6. The van der Waals surface area contributed by atoms with Crippen molar-refractivity contribution < 1.29 is 13.2 Å². The van der Waals surface area contributed by atoms with E-state index in [4.69, 9.17) is 4.74 Å². The monoisotopic (exact) mass is 345 g/mol. The number of nitrogens with one attached hydrogen (secondary N) is 1. The molecule has 0 spiro atoms. The van der Waals surface area contributed by atoms with Crippen LogP contribution in [0.2, 0.25) is 0 Å². The van der Waals surface area contributed by atoms with E-state index in [0.29, 0.717) is 10.9 Å². The maximum Gasteiger partial charge on any atom is 0.178 e. The van der Waals surface area contributed by atoms with Crippen LogP contribution in [0.25, 0.3) is 0 Å². The molecule has 2 aromatic carbocycles. The number of rotatable bonds is 5. The quantitative estimate of drug-likeness (QED) is 0.895. The van der Waals surface area contributed by atoms with Crippen LogP contribution in [0.3, 0.4) is 0 Å². The molecule has 0 unspecified atom stereocenters. The van der Waals surface area contributed by atoms with Gasteiger partial charge in [0.05, 0.1) is 16.8 Å². The van der Waals surface area contributed by atoms with Crippen LogP contribution in [-0.2, 0) is 14.6 Å². The summed E-state index contributed by atoms with van der Waals surface area (Å²) in [7, 11) is -3.14. The van der Waals surface area contributed by atoms with Crippen molar-refractivity contribution in [3.05, 3.63) is 60.2 Å². The molecule has 0 bridgehead atoms. The van der Waals surface area contributed by atoms with Crippen LogP contribution in [-0.4, -0.2) is 26.8 Å². The van der Waals surface area contributed by atoms with E-state index in [0.717, 1.165) is 25.1 Å². The van der Waals surface area contributed by atoms with Crippen molar-refractivity contribution in [1.82, 2.24) is 0 Å². The van der Waals surface area contributed by atoms with E-state index >= 15 is 0 Å². The molecule has 1 fully saturated rings. The molecule has 1 N–H and O–H groups in total. The highest BCUT2D eigenvalue weighted by Gasteiger charge is 2.23. The maximum atomic E-state index is 11.9. The highest BCUT2D eigenvalue weighted by molar-refractivity contribution is 7.91. The van der Waals surface area contributed by atoms with Crippen LogP contribution in [0.1, 0.15) is 31.4 Å². The Bertz CT molecular complexity index is 757. The standard InChI is InChI=1S/C19H23NO3S/c1-2-24(21,22)18-10-8-16(9-11-18)20-17-12-13-23-19(14-17)15-6-4-3-5-7-15/h3-11,17,19-20H,2,12-14H2,1H3/t17-,19-/m0/s1. The lowest BCUT2D eigenvalue weighted by Gasteiger charge is -2.31. The van der Waals surface area contributed by atoms with E-state index in [-0.39, 0.29) is 11.9 Å². The van der Waals surface area contributed by atoms with Crippen LogP contribution in [0.5, 0.6) is 0 Å². The second-order valence-electron chi connectivity index (χ2n) is 6.06. The molecule has 0 aromatic heterocycles. The van der Waals surface area contributed by atoms with Crippen molar-refractivity contribution >= 4 is 15.5 Å². The van der Waals surface area contributed by atoms with Gasteiger partial charge in [-0.25, -0.2) is 8.42 Å². The number of benzene rings is 2. The van der Waals surface area contributed by atoms with Gasteiger partial charge in [0.25, 0.3) is 0 Å². The highest BCUT2D eigenvalue weighted by Crippen LogP contribution is 2.29. The summed E-state index contributed by atoms with van der Waals surface area (Å²) >= 11 is 0.